The van der Waals surface area contributed by atoms with Gasteiger partial charge in [-0.05, 0) is 25.0 Å². The van der Waals surface area contributed by atoms with Crippen molar-refractivity contribution in [3.63, 3.8) is 0 Å². The van der Waals surface area contributed by atoms with Crippen molar-refractivity contribution < 1.29 is 9.84 Å². The second-order valence-electron chi connectivity index (χ2n) is 3.25. The van der Waals surface area contributed by atoms with Crippen molar-refractivity contribution in [3.05, 3.63) is 30.1 Å². The number of aliphatic hydroxyl groups excluding tert-OH is 1. The predicted molar refractivity (Wildman–Crippen MR) is 48.2 cm³/mol. The van der Waals surface area contributed by atoms with Gasteiger partial charge in [0.25, 0.3) is 0 Å². The van der Waals surface area contributed by atoms with Crippen LogP contribution < -0.4 is 0 Å². The van der Waals surface area contributed by atoms with E-state index in [-0.39, 0.29) is 6.10 Å². The summed E-state index contributed by atoms with van der Waals surface area (Å²) in [6.45, 7) is 0.758. The number of hydrogen-bond acceptors (Lipinski definition) is 3. The maximum atomic E-state index is 9.83. The second-order valence-corrected chi connectivity index (χ2v) is 3.25. The Labute approximate surface area is 77.4 Å². The van der Waals surface area contributed by atoms with Crippen molar-refractivity contribution in [2.24, 2.45) is 0 Å². The van der Waals surface area contributed by atoms with Crippen molar-refractivity contribution >= 4 is 0 Å². The van der Waals surface area contributed by atoms with E-state index in [4.69, 9.17) is 4.74 Å². The molecule has 0 radical (unpaired) electrons. The first-order valence-electron chi connectivity index (χ1n) is 4.58. The van der Waals surface area contributed by atoms with Gasteiger partial charge in [0.1, 0.15) is 6.10 Å². The Morgan fingerprint density at radius 3 is 3.08 bits per heavy atom. The van der Waals surface area contributed by atoms with Gasteiger partial charge in [-0.15, -0.1) is 0 Å². The Morgan fingerprint density at radius 2 is 2.46 bits per heavy atom. The van der Waals surface area contributed by atoms with E-state index in [0.717, 1.165) is 19.4 Å². The maximum Gasteiger partial charge on any atom is 0.122 e. The molecule has 2 heterocycles. The van der Waals surface area contributed by atoms with Gasteiger partial charge in [0, 0.05) is 12.8 Å². The first-order valence-corrected chi connectivity index (χ1v) is 4.58. The summed E-state index contributed by atoms with van der Waals surface area (Å²) in [5.74, 6) is 0. The van der Waals surface area contributed by atoms with Crippen molar-refractivity contribution in [3.8, 4) is 0 Å². The largest absolute Gasteiger partial charge is 0.384 e. The van der Waals surface area contributed by atoms with E-state index >= 15 is 0 Å². The van der Waals surface area contributed by atoms with Gasteiger partial charge >= 0.3 is 0 Å². The molecule has 1 aliphatic heterocycles. The van der Waals surface area contributed by atoms with Crippen LogP contribution in [-0.4, -0.2) is 22.8 Å². The van der Waals surface area contributed by atoms with Crippen LogP contribution in [0.5, 0.6) is 0 Å². The lowest BCUT2D eigenvalue weighted by molar-refractivity contribution is -0.00470. The van der Waals surface area contributed by atoms with Crippen molar-refractivity contribution in [2.45, 2.75) is 25.0 Å². The van der Waals surface area contributed by atoms with E-state index in [9.17, 15) is 5.11 Å². The highest BCUT2D eigenvalue weighted by atomic mass is 16.5. The Bertz CT molecular complexity index is 257. The zero-order chi connectivity index (χ0) is 9.10. The Morgan fingerprint density at radius 1 is 1.54 bits per heavy atom. The van der Waals surface area contributed by atoms with Crippen molar-refractivity contribution in [2.75, 3.05) is 6.61 Å². The van der Waals surface area contributed by atoms with E-state index in [1.807, 2.05) is 18.2 Å². The lowest BCUT2D eigenvalue weighted by Gasteiger charge is -2.16. The molecular formula is C10H13NO2. The summed E-state index contributed by atoms with van der Waals surface area (Å²) in [6, 6.07) is 5.54. The number of aliphatic hydroxyl groups is 1. The van der Waals surface area contributed by atoms with E-state index in [1.165, 1.54) is 0 Å². The van der Waals surface area contributed by atoms with Gasteiger partial charge in [0.2, 0.25) is 0 Å². The molecular weight excluding hydrogens is 166 g/mol. The molecule has 1 fully saturated rings. The van der Waals surface area contributed by atoms with Crippen LogP contribution in [-0.2, 0) is 4.74 Å². The van der Waals surface area contributed by atoms with Crippen LogP contribution in [0.4, 0.5) is 0 Å². The lowest BCUT2D eigenvalue weighted by Crippen LogP contribution is -2.17. The molecule has 3 nitrogen and oxygen atoms in total. The second kappa shape index (κ2) is 3.85. The molecule has 1 aliphatic rings. The summed E-state index contributed by atoms with van der Waals surface area (Å²) in [5.41, 5.74) is 0.703. The third kappa shape index (κ3) is 1.87. The Hall–Kier alpha value is -0.930. The molecule has 0 aromatic carbocycles. The van der Waals surface area contributed by atoms with Crippen LogP contribution in [0.3, 0.4) is 0 Å². The number of rotatable bonds is 2. The van der Waals surface area contributed by atoms with Crippen molar-refractivity contribution in [1.82, 2.24) is 4.98 Å². The van der Waals surface area contributed by atoms with Gasteiger partial charge in [-0.3, -0.25) is 4.98 Å². The number of aromatic nitrogens is 1. The van der Waals surface area contributed by atoms with Crippen LogP contribution in [0, 0.1) is 0 Å². The monoisotopic (exact) mass is 179 g/mol. The lowest BCUT2D eigenvalue weighted by atomic mass is 10.1. The molecule has 0 saturated carbocycles. The van der Waals surface area contributed by atoms with Crippen LogP contribution >= 0.6 is 0 Å². The van der Waals surface area contributed by atoms with E-state index in [1.54, 1.807) is 6.20 Å². The number of ether oxygens (including phenoxy) is 1. The van der Waals surface area contributed by atoms with Gasteiger partial charge < -0.3 is 9.84 Å². The van der Waals surface area contributed by atoms with Crippen LogP contribution in [0.2, 0.25) is 0 Å². The average molecular weight is 179 g/mol. The van der Waals surface area contributed by atoms with Gasteiger partial charge in [-0.2, -0.15) is 0 Å². The molecule has 1 saturated heterocycles. The Kier molecular flexibility index (Phi) is 2.57. The summed E-state index contributed by atoms with van der Waals surface area (Å²) >= 11 is 0. The third-order valence-corrected chi connectivity index (χ3v) is 2.31. The summed E-state index contributed by atoms with van der Waals surface area (Å²) in [7, 11) is 0. The van der Waals surface area contributed by atoms with Crippen LogP contribution in [0.15, 0.2) is 24.4 Å². The smallest absolute Gasteiger partial charge is 0.122 e. The highest BCUT2D eigenvalue weighted by molar-refractivity contribution is 5.08. The quantitative estimate of drug-likeness (QED) is 0.744. The van der Waals surface area contributed by atoms with E-state index in [0.29, 0.717) is 5.69 Å². The maximum absolute atomic E-state index is 9.83. The summed E-state index contributed by atoms with van der Waals surface area (Å²) in [4.78, 5) is 4.09. The molecule has 0 spiro atoms. The van der Waals surface area contributed by atoms with Crippen molar-refractivity contribution in [1.29, 1.82) is 0 Å². The molecule has 2 unspecified atom stereocenters. The third-order valence-electron chi connectivity index (χ3n) is 2.31. The van der Waals surface area contributed by atoms with Gasteiger partial charge in [-0.25, -0.2) is 0 Å². The molecule has 1 aromatic heterocycles. The SMILES string of the molecule is OC(c1ccccn1)C1CCCO1. The van der Waals surface area contributed by atoms with Crippen LogP contribution in [0.25, 0.3) is 0 Å². The average Bonchev–Trinajstić information content (AvgIpc) is 2.71. The topological polar surface area (TPSA) is 42.4 Å². The fraction of sp³-hybridized carbons (Fsp3) is 0.500. The molecule has 3 heteroatoms. The van der Waals surface area contributed by atoms with Crippen LogP contribution in [0.1, 0.15) is 24.6 Å². The van der Waals surface area contributed by atoms with Gasteiger partial charge in [-0.1, -0.05) is 6.07 Å². The molecule has 0 amide bonds. The molecule has 13 heavy (non-hydrogen) atoms. The molecule has 1 N–H and O–H groups in total. The first-order chi connectivity index (χ1) is 6.38. The minimum atomic E-state index is -0.566. The van der Waals surface area contributed by atoms with Gasteiger partial charge in [0.05, 0.1) is 11.8 Å². The minimum absolute atomic E-state index is 0.0603. The summed E-state index contributed by atoms with van der Waals surface area (Å²) in [6.07, 6.45) is 3.03. The summed E-state index contributed by atoms with van der Waals surface area (Å²) in [5, 5.41) is 9.83. The molecule has 0 aliphatic carbocycles. The normalized spacial score (nSPS) is 24.5. The molecule has 2 rings (SSSR count). The molecule has 0 bridgehead atoms. The standard InChI is InChI=1S/C10H13NO2/c12-10(9-5-3-7-13-9)8-4-1-2-6-11-8/h1-2,4,6,9-10,12H,3,5,7H2. The highest BCUT2D eigenvalue weighted by Gasteiger charge is 2.25. The zero-order valence-corrected chi connectivity index (χ0v) is 7.39. The zero-order valence-electron chi connectivity index (χ0n) is 7.39. The number of nitrogens with zero attached hydrogens (tertiary/aromatic N) is 1. The van der Waals surface area contributed by atoms with E-state index < -0.39 is 6.10 Å². The van der Waals surface area contributed by atoms with Gasteiger partial charge in [0.15, 0.2) is 0 Å². The number of pyridine rings is 1. The first kappa shape index (κ1) is 8.66. The summed E-state index contributed by atoms with van der Waals surface area (Å²) < 4.78 is 5.38. The molecule has 2 atom stereocenters. The fourth-order valence-corrected chi connectivity index (χ4v) is 1.59. The number of hydrogen-bond donors (Lipinski definition) is 1. The Balaban J connectivity index is 2.08. The van der Waals surface area contributed by atoms with E-state index in [2.05, 4.69) is 4.98 Å². The molecule has 1 aromatic rings. The highest BCUT2D eigenvalue weighted by Crippen LogP contribution is 2.24. The predicted octanol–water partition coefficient (Wildman–Crippen LogP) is 1.29. The fourth-order valence-electron chi connectivity index (χ4n) is 1.59. The minimum Gasteiger partial charge on any atom is -0.384 e. The molecule has 70 valence electrons.